The van der Waals surface area contributed by atoms with Crippen LogP contribution in [0.1, 0.15) is 47.8 Å². The van der Waals surface area contributed by atoms with Gasteiger partial charge in [-0.1, -0.05) is 6.92 Å². The Morgan fingerprint density at radius 1 is 1.40 bits per heavy atom. The minimum absolute atomic E-state index is 0.00585. The molecule has 0 radical (unpaired) electrons. The number of hydrogen-bond acceptors (Lipinski definition) is 6. The molecule has 1 aliphatic heterocycles. The van der Waals surface area contributed by atoms with E-state index in [-0.39, 0.29) is 5.91 Å². The molecule has 130 valence electrons. The van der Waals surface area contributed by atoms with Crippen molar-refractivity contribution >= 4 is 17.2 Å². The van der Waals surface area contributed by atoms with Gasteiger partial charge in [0.15, 0.2) is 5.82 Å². The molecule has 4 heterocycles. The van der Waals surface area contributed by atoms with Crippen molar-refractivity contribution in [3.63, 3.8) is 0 Å². The number of thiazole rings is 1. The summed E-state index contributed by atoms with van der Waals surface area (Å²) >= 11 is 1.46. The average Bonchev–Trinajstić information content (AvgIpc) is 3.42. The number of likely N-dealkylation sites (tertiary alicyclic amines) is 1. The molecule has 25 heavy (non-hydrogen) atoms. The fraction of sp³-hybridized carbons (Fsp3) is 0.412. The number of nitrogens with one attached hydrogen (secondary N) is 1. The predicted octanol–water partition coefficient (Wildman–Crippen LogP) is 3.10. The topological polar surface area (TPSA) is 87.9 Å². The molecule has 0 aromatic carbocycles. The first-order chi connectivity index (χ1) is 12.2. The predicted molar refractivity (Wildman–Crippen MR) is 93.5 cm³/mol. The van der Waals surface area contributed by atoms with Gasteiger partial charge in [0.2, 0.25) is 0 Å². The molecule has 0 bridgehead atoms. The van der Waals surface area contributed by atoms with Crippen molar-refractivity contribution in [1.29, 1.82) is 0 Å². The molecule has 3 aromatic rings. The number of carbonyl (C=O) groups is 1. The largest absolute Gasteiger partial charge is 0.472 e. The number of H-pyrrole nitrogens is 1. The maximum atomic E-state index is 12.7. The van der Waals surface area contributed by atoms with Crippen molar-refractivity contribution in [3.05, 3.63) is 41.3 Å². The Morgan fingerprint density at radius 3 is 2.92 bits per heavy atom. The van der Waals surface area contributed by atoms with Crippen molar-refractivity contribution in [3.8, 4) is 10.6 Å². The maximum Gasteiger partial charge on any atom is 0.273 e. The summed E-state index contributed by atoms with van der Waals surface area (Å²) in [5, 5.41) is 9.91. The number of piperidine rings is 1. The summed E-state index contributed by atoms with van der Waals surface area (Å²) in [7, 11) is 0. The average molecular weight is 357 g/mol. The van der Waals surface area contributed by atoms with E-state index in [1.165, 1.54) is 11.3 Å². The van der Waals surface area contributed by atoms with Gasteiger partial charge in [-0.3, -0.25) is 9.89 Å². The van der Waals surface area contributed by atoms with Crippen LogP contribution < -0.4 is 0 Å². The monoisotopic (exact) mass is 357 g/mol. The third kappa shape index (κ3) is 3.21. The van der Waals surface area contributed by atoms with Gasteiger partial charge in [-0.2, -0.15) is 5.10 Å². The lowest BCUT2D eigenvalue weighted by Gasteiger charge is -2.30. The number of aromatic amines is 1. The number of hydrogen-bond donors (Lipinski definition) is 1. The molecule has 8 heteroatoms. The minimum Gasteiger partial charge on any atom is -0.472 e. The van der Waals surface area contributed by atoms with Crippen LogP contribution in [-0.2, 0) is 6.42 Å². The lowest BCUT2D eigenvalue weighted by molar-refractivity contribution is 0.0706. The fourth-order valence-electron chi connectivity index (χ4n) is 3.04. The molecular weight excluding hydrogens is 338 g/mol. The maximum absolute atomic E-state index is 12.7. The van der Waals surface area contributed by atoms with Gasteiger partial charge in [0.25, 0.3) is 5.91 Å². The van der Waals surface area contributed by atoms with E-state index in [9.17, 15) is 4.79 Å². The van der Waals surface area contributed by atoms with Gasteiger partial charge in [-0.15, -0.1) is 11.3 Å². The molecule has 1 fully saturated rings. The highest BCUT2D eigenvalue weighted by Crippen LogP contribution is 2.28. The summed E-state index contributed by atoms with van der Waals surface area (Å²) in [6, 6.07) is 1.85. The molecule has 4 rings (SSSR count). The molecule has 1 aliphatic rings. The van der Waals surface area contributed by atoms with Gasteiger partial charge in [0.05, 0.1) is 6.26 Å². The normalized spacial score (nSPS) is 15.6. The van der Waals surface area contributed by atoms with Crippen LogP contribution in [0.25, 0.3) is 10.6 Å². The highest BCUT2D eigenvalue weighted by molar-refractivity contribution is 7.13. The second-order valence-electron chi connectivity index (χ2n) is 6.11. The van der Waals surface area contributed by atoms with Gasteiger partial charge in [-0.25, -0.2) is 9.97 Å². The molecule has 3 aromatic heterocycles. The molecule has 0 atom stereocenters. The van der Waals surface area contributed by atoms with E-state index >= 15 is 0 Å². The van der Waals surface area contributed by atoms with Crippen LogP contribution in [0.3, 0.4) is 0 Å². The number of nitrogens with zero attached hydrogens (tertiary/aromatic N) is 4. The third-order valence-corrected chi connectivity index (χ3v) is 5.41. The Morgan fingerprint density at radius 2 is 2.24 bits per heavy atom. The summed E-state index contributed by atoms with van der Waals surface area (Å²) in [6.45, 7) is 3.47. The van der Waals surface area contributed by atoms with Crippen LogP contribution >= 0.6 is 11.3 Å². The first-order valence-corrected chi connectivity index (χ1v) is 9.31. The quantitative estimate of drug-likeness (QED) is 0.775. The Kier molecular flexibility index (Phi) is 4.35. The van der Waals surface area contributed by atoms with E-state index in [0.717, 1.165) is 41.5 Å². The molecule has 0 spiro atoms. The van der Waals surface area contributed by atoms with Crippen molar-refractivity contribution < 1.29 is 9.21 Å². The van der Waals surface area contributed by atoms with Crippen molar-refractivity contribution in [1.82, 2.24) is 25.1 Å². The van der Waals surface area contributed by atoms with Gasteiger partial charge < -0.3 is 9.32 Å². The zero-order valence-corrected chi connectivity index (χ0v) is 14.8. The fourth-order valence-corrected chi connectivity index (χ4v) is 3.82. The second kappa shape index (κ2) is 6.79. The number of furan rings is 1. The van der Waals surface area contributed by atoms with Crippen LogP contribution in [0, 0.1) is 0 Å². The van der Waals surface area contributed by atoms with E-state index in [4.69, 9.17) is 4.42 Å². The number of rotatable bonds is 4. The van der Waals surface area contributed by atoms with Crippen molar-refractivity contribution in [2.45, 2.75) is 32.1 Å². The van der Waals surface area contributed by atoms with Crippen molar-refractivity contribution in [2.24, 2.45) is 0 Å². The minimum atomic E-state index is -0.00585. The summed E-state index contributed by atoms with van der Waals surface area (Å²) < 4.78 is 5.08. The Balaban J connectivity index is 1.39. The van der Waals surface area contributed by atoms with E-state index in [0.29, 0.717) is 24.7 Å². The zero-order valence-electron chi connectivity index (χ0n) is 13.9. The van der Waals surface area contributed by atoms with E-state index < -0.39 is 0 Å². The SMILES string of the molecule is CCc1nc(C2CCN(C(=O)c3csc(-c4ccoc4)n3)CC2)n[nH]1. The third-order valence-electron chi connectivity index (χ3n) is 4.52. The number of aromatic nitrogens is 4. The van der Waals surface area contributed by atoms with Crippen LogP contribution in [0.15, 0.2) is 28.4 Å². The van der Waals surface area contributed by atoms with E-state index in [1.54, 1.807) is 12.5 Å². The highest BCUT2D eigenvalue weighted by Gasteiger charge is 2.28. The first kappa shape index (κ1) is 16.0. The lowest BCUT2D eigenvalue weighted by Crippen LogP contribution is -2.38. The van der Waals surface area contributed by atoms with Gasteiger partial charge >= 0.3 is 0 Å². The molecule has 0 unspecified atom stereocenters. The summed E-state index contributed by atoms with van der Waals surface area (Å²) in [4.78, 5) is 23.5. The number of aryl methyl sites for hydroxylation is 1. The van der Waals surface area contributed by atoms with Gasteiger partial charge in [0, 0.05) is 36.4 Å². The summed E-state index contributed by atoms with van der Waals surface area (Å²) in [6.07, 6.45) is 5.86. The van der Waals surface area contributed by atoms with Crippen LogP contribution in [0.2, 0.25) is 0 Å². The molecule has 1 saturated heterocycles. The van der Waals surface area contributed by atoms with Crippen LogP contribution in [0.4, 0.5) is 0 Å². The number of carbonyl (C=O) groups excluding carboxylic acids is 1. The van der Waals surface area contributed by atoms with Gasteiger partial charge in [-0.05, 0) is 18.9 Å². The molecule has 0 aliphatic carbocycles. The van der Waals surface area contributed by atoms with Gasteiger partial charge in [0.1, 0.15) is 22.8 Å². The first-order valence-electron chi connectivity index (χ1n) is 8.43. The zero-order chi connectivity index (χ0) is 17.2. The standard InChI is InChI=1S/C17H19N5O2S/c1-2-14-19-15(21-20-14)11-3-6-22(7-4-11)17(23)13-10-25-16(18-13)12-5-8-24-9-12/h5,8-11H,2-4,6-7H2,1H3,(H,19,20,21). The van der Waals surface area contributed by atoms with Crippen LogP contribution in [0.5, 0.6) is 0 Å². The Labute approximate surface area is 149 Å². The Bertz CT molecular complexity index is 846. The summed E-state index contributed by atoms with van der Waals surface area (Å²) in [5.41, 5.74) is 1.41. The molecule has 1 N–H and O–H groups in total. The number of amides is 1. The molecule has 7 nitrogen and oxygen atoms in total. The smallest absolute Gasteiger partial charge is 0.273 e. The molecule has 1 amide bonds. The Hall–Kier alpha value is -2.48. The highest BCUT2D eigenvalue weighted by atomic mass is 32.1. The second-order valence-corrected chi connectivity index (χ2v) is 6.97. The van der Waals surface area contributed by atoms with E-state index in [2.05, 4.69) is 27.1 Å². The lowest BCUT2D eigenvalue weighted by atomic mass is 9.96. The summed E-state index contributed by atoms with van der Waals surface area (Å²) in [5.74, 6) is 2.11. The molecular formula is C17H19N5O2S. The molecule has 0 saturated carbocycles. The van der Waals surface area contributed by atoms with Crippen molar-refractivity contribution in [2.75, 3.05) is 13.1 Å². The van der Waals surface area contributed by atoms with E-state index in [1.807, 2.05) is 16.3 Å². The van der Waals surface area contributed by atoms with Crippen LogP contribution in [-0.4, -0.2) is 44.1 Å².